The van der Waals surface area contributed by atoms with Gasteiger partial charge in [0.05, 0.1) is 23.5 Å². The van der Waals surface area contributed by atoms with Crippen LogP contribution in [0.4, 0.5) is 0 Å². The minimum Gasteiger partial charge on any atom is -0.348 e. The summed E-state index contributed by atoms with van der Waals surface area (Å²) in [7, 11) is 0. The van der Waals surface area contributed by atoms with Crippen molar-refractivity contribution in [1.82, 2.24) is 24.9 Å². The molecular weight excluding hydrogens is 274 g/mol. The molecule has 5 nitrogen and oxygen atoms in total. The molecule has 3 heterocycles. The van der Waals surface area contributed by atoms with Crippen LogP contribution in [0.3, 0.4) is 0 Å². The van der Waals surface area contributed by atoms with E-state index in [2.05, 4.69) is 37.1 Å². The Labute approximate surface area is 127 Å². The van der Waals surface area contributed by atoms with Crippen LogP contribution in [-0.4, -0.2) is 24.9 Å². The Balaban J connectivity index is 1.98. The molecule has 0 radical (unpaired) electrons. The monoisotopic (exact) mass is 287 g/mol. The van der Waals surface area contributed by atoms with Gasteiger partial charge in [-0.15, -0.1) is 0 Å². The number of hydrogen-bond donors (Lipinski definition) is 1. The molecule has 0 saturated heterocycles. The van der Waals surface area contributed by atoms with Crippen molar-refractivity contribution in [3.63, 3.8) is 0 Å². The molecule has 0 spiro atoms. The Morgan fingerprint density at radius 2 is 1.91 bits per heavy atom. The van der Waals surface area contributed by atoms with Gasteiger partial charge in [0.1, 0.15) is 6.33 Å². The average molecular weight is 287 g/mol. The summed E-state index contributed by atoms with van der Waals surface area (Å²) in [5.74, 6) is -0.0293. The standard InChI is InChI=1S/C17H13N5/c1-3-13(12-4-2-7-20-14(12)5-1)17(16-9-19-11-22-16)15-6-8-18-10-21-15/h1-11,17H,(H,19,22). The van der Waals surface area contributed by atoms with Crippen LogP contribution in [0.2, 0.25) is 0 Å². The first-order valence-corrected chi connectivity index (χ1v) is 7.01. The Bertz CT molecular complexity index is 882. The summed E-state index contributed by atoms with van der Waals surface area (Å²) in [6, 6.07) is 12.1. The zero-order valence-corrected chi connectivity index (χ0v) is 11.7. The van der Waals surface area contributed by atoms with Gasteiger partial charge in [0, 0.05) is 29.7 Å². The fraction of sp³-hybridized carbons (Fsp3) is 0.0588. The zero-order chi connectivity index (χ0) is 14.8. The van der Waals surface area contributed by atoms with Crippen molar-refractivity contribution >= 4 is 10.9 Å². The summed E-state index contributed by atoms with van der Waals surface area (Å²) in [5, 5.41) is 1.11. The van der Waals surface area contributed by atoms with Crippen LogP contribution >= 0.6 is 0 Å². The van der Waals surface area contributed by atoms with E-state index in [0.29, 0.717) is 0 Å². The number of nitrogens with one attached hydrogen (secondary N) is 1. The van der Waals surface area contributed by atoms with Gasteiger partial charge in [-0.3, -0.25) is 4.98 Å². The Kier molecular flexibility index (Phi) is 3.08. The first-order valence-electron chi connectivity index (χ1n) is 7.01. The highest BCUT2D eigenvalue weighted by atomic mass is 14.9. The quantitative estimate of drug-likeness (QED) is 0.629. The molecule has 22 heavy (non-hydrogen) atoms. The molecule has 0 aliphatic rings. The van der Waals surface area contributed by atoms with Crippen molar-refractivity contribution in [1.29, 1.82) is 0 Å². The zero-order valence-electron chi connectivity index (χ0n) is 11.7. The van der Waals surface area contributed by atoms with Crippen LogP contribution in [0.15, 0.2) is 67.6 Å². The van der Waals surface area contributed by atoms with E-state index in [9.17, 15) is 0 Å². The lowest BCUT2D eigenvalue weighted by molar-refractivity contribution is 0.880. The average Bonchev–Trinajstić information content (AvgIpc) is 3.11. The summed E-state index contributed by atoms with van der Waals surface area (Å²) < 4.78 is 0. The third-order valence-electron chi connectivity index (χ3n) is 3.72. The van der Waals surface area contributed by atoms with Gasteiger partial charge in [0.25, 0.3) is 0 Å². The van der Waals surface area contributed by atoms with Gasteiger partial charge < -0.3 is 4.98 Å². The van der Waals surface area contributed by atoms with Gasteiger partial charge in [-0.1, -0.05) is 18.2 Å². The largest absolute Gasteiger partial charge is 0.348 e. The molecule has 0 saturated carbocycles. The van der Waals surface area contributed by atoms with Crippen LogP contribution in [0, 0.1) is 0 Å². The normalized spacial score (nSPS) is 12.4. The van der Waals surface area contributed by atoms with E-state index in [-0.39, 0.29) is 5.92 Å². The van der Waals surface area contributed by atoms with Crippen molar-refractivity contribution < 1.29 is 0 Å². The van der Waals surface area contributed by atoms with Gasteiger partial charge >= 0.3 is 0 Å². The molecule has 1 N–H and O–H groups in total. The smallest absolute Gasteiger partial charge is 0.115 e. The van der Waals surface area contributed by atoms with E-state index in [1.54, 1.807) is 18.9 Å². The number of aromatic amines is 1. The van der Waals surface area contributed by atoms with Crippen molar-refractivity contribution in [2.75, 3.05) is 0 Å². The van der Waals surface area contributed by atoms with Crippen molar-refractivity contribution in [3.8, 4) is 0 Å². The van der Waals surface area contributed by atoms with Gasteiger partial charge in [-0.05, 0) is 23.8 Å². The maximum Gasteiger partial charge on any atom is 0.115 e. The molecule has 4 rings (SSSR count). The fourth-order valence-corrected chi connectivity index (χ4v) is 2.76. The minimum absolute atomic E-state index is 0.0293. The SMILES string of the molecule is c1cc(C(c2ccncn2)c2cnc[nH]2)c2cccnc2c1. The lowest BCUT2D eigenvalue weighted by atomic mass is 9.90. The molecule has 0 aliphatic carbocycles. The lowest BCUT2D eigenvalue weighted by Crippen LogP contribution is -2.07. The third kappa shape index (κ3) is 2.13. The predicted molar refractivity (Wildman–Crippen MR) is 83.3 cm³/mol. The van der Waals surface area contributed by atoms with Gasteiger partial charge in [0.2, 0.25) is 0 Å². The highest BCUT2D eigenvalue weighted by molar-refractivity contribution is 5.83. The third-order valence-corrected chi connectivity index (χ3v) is 3.72. The Morgan fingerprint density at radius 1 is 0.909 bits per heavy atom. The topological polar surface area (TPSA) is 67.3 Å². The molecule has 3 aromatic heterocycles. The van der Waals surface area contributed by atoms with E-state index >= 15 is 0 Å². The van der Waals surface area contributed by atoms with E-state index in [0.717, 1.165) is 27.9 Å². The van der Waals surface area contributed by atoms with Crippen LogP contribution in [0.1, 0.15) is 22.9 Å². The van der Waals surface area contributed by atoms with Crippen LogP contribution < -0.4 is 0 Å². The number of hydrogen-bond acceptors (Lipinski definition) is 4. The Morgan fingerprint density at radius 3 is 2.73 bits per heavy atom. The highest BCUT2D eigenvalue weighted by Crippen LogP contribution is 2.33. The number of benzene rings is 1. The molecule has 1 atom stereocenters. The summed E-state index contributed by atoms with van der Waals surface area (Å²) in [6.07, 6.45) is 8.66. The summed E-state index contributed by atoms with van der Waals surface area (Å²) in [6.45, 7) is 0. The fourth-order valence-electron chi connectivity index (χ4n) is 2.76. The number of aromatic nitrogens is 5. The Hall–Kier alpha value is -3.08. The van der Waals surface area contributed by atoms with Crippen molar-refractivity contribution in [2.45, 2.75) is 5.92 Å². The molecule has 0 aliphatic heterocycles. The van der Waals surface area contributed by atoms with E-state index < -0.39 is 0 Å². The molecule has 1 aromatic carbocycles. The predicted octanol–water partition coefficient (Wildman–Crippen LogP) is 2.93. The van der Waals surface area contributed by atoms with E-state index in [1.165, 1.54) is 0 Å². The van der Waals surface area contributed by atoms with Gasteiger partial charge in [-0.25, -0.2) is 15.0 Å². The lowest BCUT2D eigenvalue weighted by Gasteiger charge is -2.17. The molecule has 106 valence electrons. The summed E-state index contributed by atoms with van der Waals surface area (Å²) in [5.41, 5.74) is 4.04. The molecule has 0 amide bonds. The molecule has 4 aromatic rings. The molecule has 0 bridgehead atoms. The first-order chi connectivity index (χ1) is 10.9. The summed E-state index contributed by atoms with van der Waals surface area (Å²) >= 11 is 0. The van der Waals surface area contributed by atoms with E-state index in [4.69, 9.17) is 0 Å². The minimum atomic E-state index is -0.0293. The maximum absolute atomic E-state index is 4.44. The second-order valence-electron chi connectivity index (χ2n) is 4.99. The van der Waals surface area contributed by atoms with E-state index in [1.807, 2.05) is 36.7 Å². The molecule has 1 unspecified atom stereocenters. The van der Waals surface area contributed by atoms with Crippen molar-refractivity contribution in [2.24, 2.45) is 0 Å². The molecule has 0 fully saturated rings. The van der Waals surface area contributed by atoms with Crippen LogP contribution in [-0.2, 0) is 0 Å². The van der Waals surface area contributed by atoms with Gasteiger partial charge in [-0.2, -0.15) is 0 Å². The number of fused-ring (bicyclic) bond motifs is 1. The van der Waals surface area contributed by atoms with Crippen molar-refractivity contribution in [3.05, 3.63) is 84.6 Å². The number of nitrogens with zero attached hydrogens (tertiary/aromatic N) is 4. The van der Waals surface area contributed by atoms with Crippen LogP contribution in [0.5, 0.6) is 0 Å². The molecular formula is C17H13N5. The number of pyridine rings is 1. The number of rotatable bonds is 3. The number of H-pyrrole nitrogens is 1. The first kappa shape index (κ1) is 12.6. The maximum atomic E-state index is 4.44. The summed E-state index contributed by atoms with van der Waals surface area (Å²) in [4.78, 5) is 20.3. The number of imidazole rings is 1. The van der Waals surface area contributed by atoms with Crippen LogP contribution in [0.25, 0.3) is 10.9 Å². The second kappa shape index (κ2) is 5.37. The van der Waals surface area contributed by atoms with Gasteiger partial charge in [0.15, 0.2) is 0 Å². The highest BCUT2D eigenvalue weighted by Gasteiger charge is 2.21. The second-order valence-corrected chi connectivity index (χ2v) is 4.99. The molecule has 5 heteroatoms.